The molecule has 0 aliphatic carbocycles. The van der Waals surface area contributed by atoms with Gasteiger partial charge in [0.2, 0.25) is 0 Å². The van der Waals surface area contributed by atoms with E-state index in [9.17, 15) is 4.79 Å². The predicted molar refractivity (Wildman–Crippen MR) is 71.3 cm³/mol. The van der Waals surface area contributed by atoms with E-state index in [-0.39, 0.29) is 6.03 Å². The highest BCUT2D eigenvalue weighted by Gasteiger charge is 2.23. The van der Waals surface area contributed by atoms with Gasteiger partial charge in [-0.1, -0.05) is 41.5 Å². The van der Waals surface area contributed by atoms with Crippen LogP contribution >= 0.6 is 0 Å². The maximum Gasteiger partial charge on any atom is 0.322 e. The standard InChI is InChI=1S/C14H24N2O/c1-8(2)11-7-15-14(17)16-13(10(5)6)12(11)9(3)4/h7-10H,1-6H3,(H2,15,16,17). The summed E-state index contributed by atoms with van der Waals surface area (Å²) in [4.78, 5) is 11.6. The van der Waals surface area contributed by atoms with Gasteiger partial charge in [-0.25, -0.2) is 4.79 Å². The lowest BCUT2D eigenvalue weighted by Gasteiger charge is -2.23. The second kappa shape index (κ2) is 5.39. The van der Waals surface area contributed by atoms with Gasteiger partial charge < -0.3 is 10.6 Å². The molecule has 0 aromatic rings. The summed E-state index contributed by atoms with van der Waals surface area (Å²) >= 11 is 0. The molecular formula is C14H24N2O. The number of carbonyl (C=O) groups excluding carboxylic acids is 1. The van der Waals surface area contributed by atoms with Crippen LogP contribution in [-0.2, 0) is 0 Å². The fourth-order valence-corrected chi connectivity index (χ4v) is 2.18. The van der Waals surface area contributed by atoms with Crippen LogP contribution in [0.3, 0.4) is 0 Å². The number of hydrogen-bond acceptors (Lipinski definition) is 1. The Labute approximate surface area is 104 Å². The van der Waals surface area contributed by atoms with E-state index in [1.54, 1.807) is 0 Å². The van der Waals surface area contributed by atoms with Crippen molar-refractivity contribution in [2.75, 3.05) is 0 Å². The molecule has 2 N–H and O–H groups in total. The molecule has 3 nitrogen and oxygen atoms in total. The van der Waals surface area contributed by atoms with Gasteiger partial charge in [-0.05, 0) is 28.9 Å². The summed E-state index contributed by atoms with van der Waals surface area (Å²) in [6.07, 6.45) is 1.85. The Hall–Kier alpha value is -1.25. The van der Waals surface area contributed by atoms with Crippen molar-refractivity contribution in [3.8, 4) is 0 Å². The van der Waals surface area contributed by atoms with Crippen molar-refractivity contribution >= 4 is 6.03 Å². The Bertz CT molecular complexity index is 362. The van der Waals surface area contributed by atoms with Crippen LogP contribution in [0, 0.1) is 17.8 Å². The van der Waals surface area contributed by atoms with E-state index >= 15 is 0 Å². The Balaban J connectivity index is 3.35. The topological polar surface area (TPSA) is 41.1 Å². The fraction of sp³-hybridized carbons (Fsp3) is 0.643. The Morgan fingerprint density at radius 3 is 1.94 bits per heavy atom. The van der Waals surface area contributed by atoms with E-state index in [4.69, 9.17) is 0 Å². The number of urea groups is 1. The molecule has 0 aromatic heterocycles. The molecule has 0 saturated carbocycles. The second-order valence-corrected chi connectivity index (χ2v) is 5.49. The predicted octanol–water partition coefficient (Wildman–Crippen LogP) is 3.41. The first-order chi connectivity index (χ1) is 7.84. The van der Waals surface area contributed by atoms with Crippen LogP contribution in [0.1, 0.15) is 41.5 Å². The monoisotopic (exact) mass is 236 g/mol. The first-order valence-electron chi connectivity index (χ1n) is 6.36. The third kappa shape index (κ3) is 3.11. The summed E-state index contributed by atoms with van der Waals surface area (Å²) < 4.78 is 0. The fourth-order valence-electron chi connectivity index (χ4n) is 2.18. The van der Waals surface area contributed by atoms with Crippen molar-refractivity contribution in [3.05, 3.63) is 23.0 Å². The number of amides is 2. The van der Waals surface area contributed by atoms with Gasteiger partial charge >= 0.3 is 6.03 Å². The molecule has 1 aliphatic rings. The van der Waals surface area contributed by atoms with Gasteiger partial charge in [0, 0.05) is 11.9 Å². The first-order valence-corrected chi connectivity index (χ1v) is 6.36. The molecule has 0 radical (unpaired) electrons. The Morgan fingerprint density at radius 1 is 0.941 bits per heavy atom. The van der Waals surface area contributed by atoms with Crippen molar-refractivity contribution in [2.24, 2.45) is 17.8 Å². The lowest BCUT2D eigenvalue weighted by molar-refractivity contribution is 0.245. The third-order valence-corrected chi connectivity index (χ3v) is 2.98. The van der Waals surface area contributed by atoms with Gasteiger partial charge in [0.1, 0.15) is 0 Å². The number of carbonyl (C=O) groups is 1. The summed E-state index contributed by atoms with van der Waals surface area (Å²) in [7, 11) is 0. The summed E-state index contributed by atoms with van der Waals surface area (Å²) in [6, 6.07) is -0.137. The SMILES string of the molecule is CC(C)C1=CNC(=O)NC(C(C)C)=C1C(C)C. The minimum atomic E-state index is -0.137. The minimum absolute atomic E-state index is 0.137. The summed E-state index contributed by atoms with van der Waals surface area (Å²) in [5.41, 5.74) is 3.55. The van der Waals surface area contributed by atoms with Crippen molar-refractivity contribution < 1.29 is 4.79 Å². The second-order valence-electron chi connectivity index (χ2n) is 5.49. The lowest BCUT2D eigenvalue weighted by atomic mass is 9.85. The molecule has 1 rings (SSSR count). The molecule has 0 saturated heterocycles. The van der Waals surface area contributed by atoms with Gasteiger partial charge in [-0.15, -0.1) is 0 Å². The highest BCUT2D eigenvalue weighted by Crippen LogP contribution is 2.31. The van der Waals surface area contributed by atoms with Crippen LogP contribution in [0.25, 0.3) is 0 Å². The number of nitrogens with one attached hydrogen (secondary N) is 2. The van der Waals surface area contributed by atoms with Crippen molar-refractivity contribution in [3.63, 3.8) is 0 Å². The molecule has 17 heavy (non-hydrogen) atoms. The molecule has 0 fully saturated rings. The van der Waals surface area contributed by atoms with Crippen LogP contribution in [0.4, 0.5) is 4.79 Å². The molecule has 1 heterocycles. The van der Waals surface area contributed by atoms with E-state index in [0.717, 1.165) is 5.70 Å². The number of rotatable bonds is 3. The van der Waals surface area contributed by atoms with E-state index in [2.05, 4.69) is 52.2 Å². The van der Waals surface area contributed by atoms with Crippen LogP contribution in [0.2, 0.25) is 0 Å². The quantitative estimate of drug-likeness (QED) is 0.774. The largest absolute Gasteiger partial charge is 0.322 e. The van der Waals surface area contributed by atoms with E-state index in [1.807, 2.05) is 6.20 Å². The van der Waals surface area contributed by atoms with E-state index in [0.29, 0.717) is 17.8 Å². The van der Waals surface area contributed by atoms with E-state index < -0.39 is 0 Å². The van der Waals surface area contributed by atoms with Crippen LogP contribution in [0.15, 0.2) is 23.0 Å². The first kappa shape index (κ1) is 13.8. The highest BCUT2D eigenvalue weighted by atomic mass is 16.2. The van der Waals surface area contributed by atoms with Gasteiger partial charge in [0.05, 0.1) is 0 Å². The maximum absolute atomic E-state index is 11.6. The van der Waals surface area contributed by atoms with Crippen LogP contribution < -0.4 is 10.6 Å². The van der Waals surface area contributed by atoms with Gasteiger partial charge in [0.25, 0.3) is 0 Å². The molecule has 0 spiro atoms. The lowest BCUT2D eigenvalue weighted by Crippen LogP contribution is -2.32. The van der Waals surface area contributed by atoms with Crippen molar-refractivity contribution in [2.45, 2.75) is 41.5 Å². The number of allylic oxidation sites excluding steroid dienone is 3. The van der Waals surface area contributed by atoms with Crippen LogP contribution in [0.5, 0.6) is 0 Å². The summed E-state index contributed by atoms with van der Waals surface area (Å²) in [5.74, 6) is 1.13. The third-order valence-electron chi connectivity index (χ3n) is 2.98. The highest BCUT2D eigenvalue weighted by molar-refractivity contribution is 5.78. The van der Waals surface area contributed by atoms with Gasteiger partial charge in [-0.2, -0.15) is 0 Å². The number of hydrogen-bond donors (Lipinski definition) is 2. The molecule has 0 aromatic carbocycles. The maximum atomic E-state index is 11.6. The molecule has 1 aliphatic heterocycles. The molecule has 2 amide bonds. The average molecular weight is 236 g/mol. The van der Waals surface area contributed by atoms with Crippen LogP contribution in [-0.4, -0.2) is 6.03 Å². The van der Waals surface area contributed by atoms with E-state index in [1.165, 1.54) is 11.1 Å². The molecule has 0 unspecified atom stereocenters. The van der Waals surface area contributed by atoms with Gasteiger partial charge in [-0.3, -0.25) is 0 Å². The molecule has 3 heteroatoms. The Morgan fingerprint density at radius 2 is 1.53 bits per heavy atom. The molecule has 0 atom stereocenters. The average Bonchev–Trinajstić information content (AvgIpc) is 2.36. The minimum Gasteiger partial charge on any atom is -0.314 e. The van der Waals surface area contributed by atoms with Crippen molar-refractivity contribution in [1.82, 2.24) is 10.6 Å². The summed E-state index contributed by atoms with van der Waals surface area (Å²) in [6.45, 7) is 12.9. The molecular weight excluding hydrogens is 212 g/mol. The summed E-state index contributed by atoms with van der Waals surface area (Å²) in [5, 5.41) is 5.76. The zero-order chi connectivity index (χ0) is 13.2. The zero-order valence-electron chi connectivity index (χ0n) is 11.7. The van der Waals surface area contributed by atoms with Gasteiger partial charge in [0.15, 0.2) is 0 Å². The van der Waals surface area contributed by atoms with Crippen molar-refractivity contribution in [1.29, 1.82) is 0 Å². The normalized spacial score (nSPS) is 17.2. The zero-order valence-corrected chi connectivity index (χ0v) is 11.7. The Kier molecular flexibility index (Phi) is 4.38. The smallest absolute Gasteiger partial charge is 0.314 e. The molecule has 96 valence electrons. The molecule has 0 bridgehead atoms.